The zero-order chi connectivity index (χ0) is 13.9. The zero-order valence-corrected chi connectivity index (χ0v) is 13.2. The summed E-state index contributed by atoms with van der Waals surface area (Å²) in [6, 6.07) is 0.366. The molecule has 4 nitrogen and oxygen atoms in total. The first-order valence-electron chi connectivity index (χ1n) is 7.26. The van der Waals surface area contributed by atoms with Gasteiger partial charge in [0.25, 0.3) is 0 Å². The van der Waals surface area contributed by atoms with E-state index in [4.69, 9.17) is 15.3 Å². The maximum Gasteiger partial charge on any atom is 0.0939 e. The number of rotatable bonds is 4. The van der Waals surface area contributed by atoms with E-state index < -0.39 is 0 Å². The van der Waals surface area contributed by atoms with Crippen molar-refractivity contribution in [3.8, 4) is 0 Å². The maximum atomic E-state index is 6.00. The average molecular weight is 288 g/mol. The molecule has 0 amide bonds. The quantitative estimate of drug-likeness (QED) is 0.611. The van der Waals surface area contributed by atoms with Gasteiger partial charge in [0.05, 0.1) is 12.2 Å². The molecule has 2 aliphatic heterocycles. The van der Waals surface area contributed by atoms with Crippen molar-refractivity contribution in [1.82, 2.24) is 5.43 Å². The van der Waals surface area contributed by atoms with Crippen molar-refractivity contribution in [2.45, 2.75) is 56.4 Å². The molecule has 2 heterocycles. The van der Waals surface area contributed by atoms with Gasteiger partial charge in [-0.3, -0.25) is 11.3 Å². The van der Waals surface area contributed by atoms with Crippen LogP contribution in [0.2, 0.25) is 0 Å². The molecular formula is C14H28N2O2S. The lowest BCUT2D eigenvalue weighted by Crippen LogP contribution is -2.50. The van der Waals surface area contributed by atoms with Crippen LogP contribution in [0.3, 0.4) is 0 Å². The van der Waals surface area contributed by atoms with Gasteiger partial charge in [-0.1, -0.05) is 20.8 Å². The van der Waals surface area contributed by atoms with Crippen LogP contribution in [0.4, 0.5) is 0 Å². The summed E-state index contributed by atoms with van der Waals surface area (Å²) in [5.41, 5.74) is 3.01. The number of hydrogen-bond donors (Lipinski definition) is 2. The molecule has 0 aromatic heterocycles. The molecule has 2 saturated heterocycles. The Morgan fingerprint density at radius 2 is 2.21 bits per heavy atom. The molecule has 3 N–H and O–H groups in total. The molecule has 19 heavy (non-hydrogen) atoms. The van der Waals surface area contributed by atoms with Crippen molar-refractivity contribution in [2.24, 2.45) is 11.8 Å². The third-order valence-electron chi connectivity index (χ3n) is 4.08. The smallest absolute Gasteiger partial charge is 0.0939 e. The Kier molecular flexibility index (Phi) is 5.17. The molecule has 0 aromatic rings. The number of hydrazine groups is 1. The molecule has 0 radical (unpaired) electrons. The molecule has 0 aromatic carbocycles. The number of ether oxygens (including phenoxy) is 2. The van der Waals surface area contributed by atoms with Gasteiger partial charge in [-0.25, -0.2) is 0 Å². The molecule has 0 saturated carbocycles. The highest BCUT2D eigenvalue weighted by Crippen LogP contribution is 2.38. The number of thioether (sulfide) groups is 1. The van der Waals surface area contributed by atoms with E-state index in [1.54, 1.807) is 0 Å². The predicted octanol–water partition coefficient (Wildman–Crippen LogP) is 1.94. The molecule has 0 bridgehead atoms. The fraction of sp³-hybridized carbons (Fsp3) is 1.00. The van der Waals surface area contributed by atoms with Gasteiger partial charge < -0.3 is 9.47 Å². The van der Waals surface area contributed by atoms with Crippen molar-refractivity contribution < 1.29 is 9.47 Å². The van der Waals surface area contributed by atoms with E-state index >= 15 is 0 Å². The lowest BCUT2D eigenvalue weighted by Gasteiger charge is -2.40. The molecule has 2 fully saturated rings. The first-order chi connectivity index (χ1) is 8.94. The van der Waals surface area contributed by atoms with E-state index in [2.05, 4.69) is 26.2 Å². The van der Waals surface area contributed by atoms with Gasteiger partial charge in [0, 0.05) is 36.2 Å². The summed E-state index contributed by atoms with van der Waals surface area (Å²) in [5, 5.41) is 0. The Labute approximate surface area is 121 Å². The first kappa shape index (κ1) is 15.6. The van der Waals surface area contributed by atoms with Crippen LogP contribution in [0, 0.1) is 5.92 Å². The normalized spacial score (nSPS) is 33.8. The van der Waals surface area contributed by atoms with Crippen LogP contribution in [0.1, 0.15) is 40.0 Å². The fourth-order valence-electron chi connectivity index (χ4n) is 2.93. The molecule has 2 aliphatic rings. The lowest BCUT2D eigenvalue weighted by molar-refractivity contribution is -0.102. The van der Waals surface area contributed by atoms with Crippen molar-refractivity contribution in [1.29, 1.82) is 0 Å². The second kappa shape index (κ2) is 6.31. The molecule has 3 unspecified atom stereocenters. The highest BCUT2D eigenvalue weighted by molar-refractivity contribution is 8.00. The van der Waals surface area contributed by atoms with Crippen LogP contribution in [0.15, 0.2) is 0 Å². The van der Waals surface area contributed by atoms with Crippen molar-refractivity contribution in [3.05, 3.63) is 0 Å². The van der Waals surface area contributed by atoms with Gasteiger partial charge in [-0.05, 0) is 18.8 Å². The minimum Gasteiger partial charge on any atom is -0.378 e. The zero-order valence-electron chi connectivity index (χ0n) is 12.4. The second-order valence-electron chi connectivity index (χ2n) is 6.78. The monoisotopic (exact) mass is 288 g/mol. The number of hydrogen-bond acceptors (Lipinski definition) is 5. The van der Waals surface area contributed by atoms with Crippen LogP contribution in [0.25, 0.3) is 0 Å². The van der Waals surface area contributed by atoms with Crippen LogP contribution in [-0.4, -0.2) is 42.0 Å². The molecule has 5 heteroatoms. The van der Waals surface area contributed by atoms with Gasteiger partial charge in [0.1, 0.15) is 0 Å². The third-order valence-corrected chi connectivity index (χ3v) is 5.47. The van der Waals surface area contributed by atoms with Crippen molar-refractivity contribution in [2.75, 3.05) is 25.6 Å². The Balaban J connectivity index is 1.90. The second-order valence-corrected chi connectivity index (χ2v) is 8.63. The van der Waals surface area contributed by atoms with E-state index in [0.717, 1.165) is 44.8 Å². The van der Waals surface area contributed by atoms with Crippen molar-refractivity contribution in [3.63, 3.8) is 0 Å². The van der Waals surface area contributed by atoms with Gasteiger partial charge in [-0.15, -0.1) is 0 Å². The molecule has 1 spiro atoms. The summed E-state index contributed by atoms with van der Waals surface area (Å²) in [6.07, 6.45) is 3.21. The van der Waals surface area contributed by atoms with E-state index in [1.165, 1.54) is 0 Å². The van der Waals surface area contributed by atoms with E-state index in [-0.39, 0.29) is 10.3 Å². The van der Waals surface area contributed by atoms with Crippen LogP contribution >= 0.6 is 11.8 Å². The molecule has 112 valence electrons. The average Bonchev–Trinajstić information content (AvgIpc) is 2.77. The minimum atomic E-state index is -0.0234. The highest BCUT2D eigenvalue weighted by Gasteiger charge is 2.42. The fourth-order valence-corrected chi connectivity index (χ4v) is 3.98. The summed E-state index contributed by atoms with van der Waals surface area (Å²) in [4.78, 5) is 0. The van der Waals surface area contributed by atoms with Crippen LogP contribution in [-0.2, 0) is 9.47 Å². The molecule has 2 rings (SSSR count). The molecule has 0 aliphatic carbocycles. The largest absolute Gasteiger partial charge is 0.378 e. The van der Waals surface area contributed by atoms with Crippen LogP contribution in [0.5, 0.6) is 0 Å². The first-order valence-corrected chi connectivity index (χ1v) is 8.24. The Morgan fingerprint density at radius 1 is 1.42 bits per heavy atom. The summed E-state index contributed by atoms with van der Waals surface area (Å²) < 4.78 is 11.8. The summed E-state index contributed by atoms with van der Waals surface area (Å²) in [5.74, 6) is 7.43. The number of nitrogens with two attached hydrogens (primary N) is 1. The van der Waals surface area contributed by atoms with E-state index in [9.17, 15) is 0 Å². The summed E-state index contributed by atoms with van der Waals surface area (Å²) >= 11 is 1.98. The highest BCUT2D eigenvalue weighted by atomic mass is 32.2. The molecular weight excluding hydrogens is 260 g/mol. The van der Waals surface area contributed by atoms with Gasteiger partial charge in [-0.2, -0.15) is 11.8 Å². The van der Waals surface area contributed by atoms with Gasteiger partial charge in [0.2, 0.25) is 0 Å². The summed E-state index contributed by atoms with van der Waals surface area (Å²) in [6.45, 7) is 9.19. The topological polar surface area (TPSA) is 56.5 Å². The third kappa shape index (κ3) is 4.33. The maximum absolute atomic E-state index is 6.00. The lowest BCUT2D eigenvalue weighted by atomic mass is 9.82. The van der Waals surface area contributed by atoms with Crippen molar-refractivity contribution >= 4 is 11.8 Å². The summed E-state index contributed by atoms with van der Waals surface area (Å²) in [7, 11) is 0. The Morgan fingerprint density at radius 3 is 2.79 bits per heavy atom. The predicted molar refractivity (Wildman–Crippen MR) is 80.2 cm³/mol. The van der Waals surface area contributed by atoms with Crippen LogP contribution < -0.4 is 11.3 Å². The Hall–Kier alpha value is 0.190. The van der Waals surface area contributed by atoms with Gasteiger partial charge in [0.15, 0.2) is 0 Å². The Bertz CT molecular complexity index is 288. The minimum absolute atomic E-state index is 0.0234. The number of nitrogens with one attached hydrogen (secondary N) is 1. The molecule has 3 atom stereocenters. The van der Waals surface area contributed by atoms with Gasteiger partial charge >= 0.3 is 0 Å². The van der Waals surface area contributed by atoms with E-state index in [1.807, 2.05) is 11.8 Å². The van der Waals surface area contributed by atoms with E-state index in [0.29, 0.717) is 12.0 Å². The standard InChI is InChI=1S/C14H28N2O2S/c1-13(2,3)19-9-12(16-15)11-4-6-18-14(8-11)5-7-17-10-14/h11-12,16H,4-10,15H2,1-3H3. The SMILES string of the molecule is CC(C)(C)SCC(NN)C1CCOC2(CCOC2)C1.